The third-order valence-corrected chi connectivity index (χ3v) is 9.23. The van der Waals surface area contributed by atoms with Crippen LogP contribution in [0.25, 0.3) is 0 Å². The number of ether oxygens (including phenoxy) is 1. The molecule has 7 atom stereocenters. The highest BCUT2D eigenvalue weighted by atomic mass is 32.2. The number of primary sulfonamides is 1. The van der Waals surface area contributed by atoms with E-state index in [9.17, 15) is 28.1 Å². The van der Waals surface area contributed by atoms with Gasteiger partial charge in [0.15, 0.2) is 0 Å². The number of likely N-dealkylation sites (tertiary alicyclic amines) is 3. The van der Waals surface area contributed by atoms with Gasteiger partial charge >= 0.3 is 6.09 Å². The second kappa shape index (κ2) is 10.0. The number of nitrogens with one attached hydrogen (secondary N) is 1. The lowest BCUT2D eigenvalue weighted by Crippen LogP contribution is -2.59. The van der Waals surface area contributed by atoms with Crippen molar-refractivity contribution in [3.8, 4) is 6.07 Å². The Morgan fingerprint density at radius 1 is 1.25 bits per heavy atom. The average molecular weight is 573 g/mol. The summed E-state index contributed by atoms with van der Waals surface area (Å²) in [6.07, 6.45) is 1.32. The van der Waals surface area contributed by atoms with Crippen molar-refractivity contribution in [2.24, 2.45) is 11.1 Å². The first-order valence-electron chi connectivity index (χ1n) is 13.6. The maximum atomic E-state index is 13.7. The molecule has 2 bridgehead atoms. The summed E-state index contributed by atoms with van der Waals surface area (Å²) in [7, 11) is -3.88. The zero-order chi connectivity index (χ0) is 29.1. The number of nitrogens with two attached hydrogens (primary N) is 1. The summed E-state index contributed by atoms with van der Waals surface area (Å²) in [6, 6.07) is 6.00. The molecule has 0 radical (unpaired) electrons. The van der Waals surface area contributed by atoms with E-state index in [1.54, 1.807) is 42.7 Å². The predicted molar refractivity (Wildman–Crippen MR) is 143 cm³/mol. The molecule has 0 aromatic heterocycles. The molecule has 1 aromatic carbocycles. The van der Waals surface area contributed by atoms with Crippen molar-refractivity contribution in [1.82, 2.24) is 20.0 Å². The average Bonchev–Trinajstić information content (AvgIpc) is 3.18. The Morgan fingerprint density at radius 2 is 1.98 bits per heavy atom. The fourth-order valence-electron chi connectivity index (χ4n) is 6.45. The van der Waals surface area contributed by atoms with Crippen molar-refractivity contribution < 1.29 is 27.5 Å². The topological polar surface area (TPSA) is 166 Å². The van der Waals surface area contributed by atoms with Crippen LogP contribution >= 0.6 is 0 Å². The molecule has 4 fully saturated rings. The van der Waals surface area contributed by atoms with Gasteiger partial charge in [-0.2, -0.15) is 5.26 Å². The molecule has 5 rings (SSSR count). The SMILES string of the molecule is CC(c1cccc(S(N)(=O)=O)c1)N1C(=O)C2C[C@H]1CN2CC(NC(=O)OC(C)(C)C)C(=O)N1C(C#N)C[C@@H]2C[C@@H]21. The number of hydrogen-bond acceptors (Lipinski definition) is 8. The number of nitriles is 1. The third-order valence-electron chi connectivity index (χ3n) is 8.31. The molecule has 3 aliphatic heterocycles. The van der Waals surface area contributed by atoms with Gasteiger partial charge in [-0.1, -0.05) is 12.1 Å². The number of nitrogens with zero attached hydrogens (tertiary/aromatic N) is 4. The van der Waals surface area contributed by atoms with Crippen LogP contribution in [-0.2, 0) is 24.3 Å². The van der Waals surface area contributed by atoms with Gasteiger partial charge in [0.1, 0.15) is 17.7 Å². The summed E-state index contributed by atoms with van der Waals surface area (Å²) in [5, 5.41) is 17.6. The molecule has 0 spiro atoms. The van der Waals surface area contributed by atoms with Gasteiger partial charge in [-0.3, -0.25) is 14.5 Å². The van der Waals surface area contributed by atoms with Gasteiger partial charge in [-0.05, 0) is 70.6 Å². The molecule has 4 aliphatic rings. The first-order chi connectivity index (χ1) is 18.7. The van der Waals surface area contributed by atoms with Crippen molar-refractivity contribution in [1.29, 1.82) is 5.26 Å². The quantitative estimate of drug-likeness (QED) is 0.490. The van der Waals surface area contributed by atoms with E-state index in [4.69, 9.17) is 9.88 Å². The summed E-state index contributed by atoms with van der Waals surface area (Å²) in [5.41, 5.74) is -0.101. The van der Waals surface area contributed by atoms with Crippen molar-refractivity contribution in [2.75, 3.05) is 13.1 Å². The monoisotopic (exact) mass is 572 g/mol. The maximum absolute atomic E-state index is 13.7. The van der Waals surface area contributed by atoms with Gasteiger partial charge in [-0.25, -0.2) is 18.4 Å². The highest BCUT2D eigenvalue weighted by Crippen LogP contribution is 2.48. The fourth-order valence-corrected chi connectivity index (χ4v) is 7.02. The number of fused-ring (bicyclic) bond motifs is 3. The van der Waals surface area contributed by atoms with Crippen molar-refractivity contribution in [3.63, 3.8) is 0 Å². The minimum absolute atomic E-state index is 0.0136. The summed E-state index contributed by atoms with van der Waals surface area (Å²) in [4.78, 5) is 45.2. The normalized spacial score (nSPS) is 29.1. The second-order valence-electron chi connectivity index (χ2n) is 12.3. The molecule has 3 amide bonds. The molecule has 12 nitrogen and oxygen atoms in total. The van der Waals surface area contributed by atoms with Crippen LogP contribution in [0.1, 0.15) is 58.6 Å². The molecule has 216 valence electrons. The lowest BCUT2D eigenvalue weighted by Gasteiger charge is -2.39. The van der Waals surface area contributed by atoms with Gasteiger partial charge in [0, 0.05) is 25.2 Å². The van der Waals surface area contributed by atoms with Crippen molar-refractivity contribution in [3.05, 3.63) is 29.8 Å². The fraction of sp³-hybridized carbons (Fsp3) is 0.630. The van der Waals surface area contributed by atoms with E-state index in [-0.39, 0.29) is 41.4 Å². The summed E-state index contributed by atoms with van der Waals surface area (Å²) >= 11 is 0. The molecular weight excluding hydrogens is 536 g/mol. The Kier molecular flexibility index (Phi) is 7.09. The first kappa shape index (κ1) is 28.3. The molecule has 13 heteroatoms. The molecule has 3 heterocycles. The van der Waals surface area contributed by atoms with Crippen LogP contribution in [0.3, 0.4) is 0 Å². The predicted octanol–water partition coefficient (Wildman–Crippen LogP) is 1.09. The van der Waals surface area contributed by atoms with Crippen LogP contribution in [0.5, 0.6) is 0 Å². The van der Waals surface area contributed by atoms with E-state index in [0.29, 0.717) is 30.9 Å². The number of carbonyl (C=O) groups excluding carboxylic acids is 3. The van der Waals surface area contributed by atoms with Crippen LogP contribution < -0.4 is 10.5 Å². The van der Waals surface area contributed by atoms with Crippen LogP contribution in [0.2, 0.25) is 0 Å². The summed E-state index contributed by atoms with van der Waals surface area (Å²) < 4.78 is 29.1. The smallest absolute Gasteiger partial charge is 0.408 e. The van der Waals surface area contributed by atoms with Crippen LogP contribution in [0.15, 0.2) is 29.2 Å². The van der Waals surface area contributed by atoms with E-state index in [1.165, 1.54) is 12.1 Å². The molecule has 1 aliphatic carbocycles. The molecule has 4 unspecified atom stereocenters. The lowest BCUT2D eigenvalue weighted by molar-refractivity contribution is -0.141. The Hall–Kier alpha value is -3.21. The number of piperidine rings is 1. The van der Waals surface area contributed by atoms with E-state index >= 15 is 0 Å². The number of amides is 3. The number of benzene rings is 1. The standard InChI is InChI=1S/C27H36N6O6S/c1-15(16-6-5-7-20(9-16)40(29,37)38)32-19-11-23(25(32)35)31(13-19)14-21(30-26(36)39-27(2,3)4)24(34)33-18(12-28)8-17-10-22(17)33/h5-7,9,15,17-19,21-23H,8,10-11,13-14H2,1-4H3,(H,30,36)(H2,29,37,38)/t15?,17-,18?,19+,21?,22+,23?/m1/s1. The molecule has 1 aromatic rings. The summed E-state index contributed by atoms with van der Waals surface area (Å²) in [5.74, 6) is -0.128. The van der Waals surface area contributed by atoms with E-state index in [2.05, 4.69) is 11.4 Å². The zero-order valence-corrected chi connectivity index (χ0v) is 23.9. The van der Waals surface area contributed by atoms with Crippen LogP contribution in [0, 0.1) is 17.2 Å². The van der Waals surface area contributed by atoms with E-state index in [1.807, 2.05) is 11.8 Å². The van der Waals surface area contributed by atoms with Gasteiger partial charge < -0.3 is 19.9 Å². The zero-order valence-electron chi connectivity index (χ0n) is 23.1. The van der Waals surface area contributed by atoms with Crippen LogP contribution in [-0.4, -0.2) is 89.9 Å². The van der Waals surface area contributed by atoms with Crippen LogP contribution in [0.4, 0.5) is 4.79 Å². The van der Waals surface area contributed by atoms with E-state index in [0.717, 1.165) is 6.42 Å². The lowest BCUT2D eigenvalue weighted by atomic mass is 10.1. The molecule has 3 saturated heterocycles. The number of piperazine rings is 1. The molecule has 40 heavy (non-hydrogen) atoms. The molecule has 1 saturated carbocycles. The Morgan fingerprint density at radius 3 is 2.60 bits per heavy atom. The number of rotatable bonds is 7. The highest BCUT2D eigenvalue weighted by molar-refractivity contribution is 7.89. The summed E-state index contributed by atoms with van der Waals surface area (Å²) in [6.45, 7) is 7.65. The largest absolute Gasteiger partial charge is 0.444 e. The number of carbonyl (C=O) groups is 3. The first-order valence-corrected chi connectivity index (χ1v) is 15.1. The minimum atomic E-state index is -3.88. The van der Waals surface area contributed by atoms with Gasteiger partial charge in [0.2, 0.25) is 21.8 Å². The Bertz CT molecular complexity index is 1370. The minimum Gasteiger partial charge on any atom is -0.444 e. The van der Waals surface area contributed by atoms with E-state index < -0.39 is 39.8 Å². The van der Waals surface area contributed by atoms with Gasteiger partial charge in [0.05, 0.1) is 23.0 Å². The van der Waals surface area contributed by atoms with Crippen molar-refractivity contribution in [2.45, 2.75) is 93.7 Å². The Labute approximate surface area is 234 Å². The molecule has 3 N–H and O–H groups in total. The number of hydrogen-bond donors (Lipinski definition) is 2. The van der Waals surface area contributed by atoms with Gasteiger partial charge in [0.25, 0.3) is 0 Å². The highest BCUT2D eigenvalue weighted by Gasteiger charge is 2.56. The number of sulfonamides is 1. The number of alkyl carbamates (subject to hydrolysis) is 1. The van der Waals surface area contributed by atoms with Crippen molar-refractivity contribution >= 4 is 27.9 Å². The Balaban J connectivity index is 1.32. The third kappa shape index (κ3) is 5.40. The second-order valence-corrected chi connectivity index (χ2v) is 13.8. The molecular formula is C27H36N6O6S. The van der Waals surface area contributed by atoms with Gasteiger partial charge in [-0.15, -0.1) is 0 Å². The maximum Gasteiger partial charge on any atom is 0.408 e.